The molecule has 5 nitrogen and oxygen atoms in total. The van der Waals surface area contributed by atoms with Crippen LogP contribution in [-0.2, 0) is 6.42 Å². The van der Waals surface area contributed by atoms with Gasteiger partial charge < -0.3 is 4.74 Å². The molecule has 29 heavy (non-hydrogen) atoms. The number of hydrogen-bond donors (Lipinski definition) is 1. The molecular formula is C22H21FN4OS. The second-order valence-electron chi connectivity index (χ2n) is 6.52. The van der Waals surface area contributed by atoms with Crippen molar-refractivity contribution in [2.75, 3.05) is 13.2 Å². The van der Waals surface area contributed by atoms with Crippen LogP contribution in [-0.4, -0.2) is 34.8 Å². The molecule has 0 radical (unpaired) electrons. The lowest BCUT2D eigenvalue weighted by Gasteiger charge is -2.09. The fourth-order valence-corrected chi connectivity index (χ4v) is 3.99. The zero-order chi connectivity index (χ0) is 20.1. The van der Waals surface area contributed by atoms with E-state index in [1.165, 1.54) is 12.4 Å². The van der Waals surface area contributed by atoms with Gasteiger partial charge in [-0.3, -0.25) is 10.3 Å². The van der Waals surface area contributed by atoms with Gasteiger partial charge in [-0.05, 0) is 54.8 Å². The number of nitrogens with one attached hydrogen (secondary N) is 1. The molecule has 0 aliphatic carbocycles. The molecule has 1 aliphatic heterocycles. The molecule has 1 N–H and O–H groups in total. The standard InChI is InChI=1S/C22H21FN4OS/c1-2-28-21-19-12-16(6-7-20(19)26-14-27-21)11-18-13-25-22(29-18)24-9-8-15-4-3-5-17(23)10-15/h3-7,10-14,22,24H,2,8-9H2,1H3. The van der Waals surface area contributed by atoms with E-state index in [1.54, 1.807) is 23.9 Å². The number of rotatable bonds is 7. The molecule has 7 heteroatoms. The van der Waals surface area contributed by atoms with Crippen molar-refractivity contribution in [3.63, 3.8) is 0 Å². The Morgan fingerprint density at radius 3 is 3.00 bits per heavy atom. The Balaban J connectivity index is 1.38. The van der Waals surface area contributed by atoms with Crippen molar-refractivity contribution >= 4 is 35.0 Å². The molecule has 0 fully saturated rings. The van der Waals surface area contributed by atoms with Gasteiger partial charge in [-0.15, -0.1) is 0 Å². The summed E-state index contributed by atoms with van der Waals surface area (Å²) >= 11 is 1.65. The first kappa shape index (κ1) is 19.5. The molecule has 0 saturated carbocycles. The van der Waals surface area contributed by atoms with Crippen LogP contribution in [0.1, 0.15) is 18.1 Å². The fourth-order valence-electron chi connectivity index (χ4n) is 3.09. The topological polar surface area (TPSA) is 59.4 Å². The quantitative estimate of drug-likeness (QED) is 0.626. The highest BCUT2D eigenvalue weighted by molar-refractivity contribution is 8.04. The van der Waals surface area contributed by atoms with Crippen LogP contribution in [0.3, 0.4) is 0 Å². The number of aromatic nitrogens is 2. The van der Waals surface area contributed by atoms with Gasteiger partial charge >= 0.3 is 0 Å². The number of nitrogens with zero attached hydrogens (tertiary/aromatic N) is 3. The number of aliphatic imine (C=N–C) groups is 1. The summed E-state index contributed by atoms with van der Waals surface area (Å²) in [5.41, 5.74) is 2.85. The SMILES string of the molecule is CCOc1ncnc2ccc(C=C3C=NC(NCCc4cccc(F)c4)S3)cc12. The van der Waals surface area contributed by atoms with Crippen molar-refractivity contribution in [2.45, 2.75) is 18.8 Å². The van der Waals surface area contributed by atoms with Crippen LogP contribution in [0.2, 0.25) is 0 Å². The maximum absolute atomic E-state index is 13.2. The summed E-state index contributed by atoms with van der Waals surface area (Å²) in [5.74, 6) is 0.400. The maximum atomic E-state index is 13.2. The Labute approximate surface area is 173 Å². The Kier molecular flexibility index (Phi) is 6.17. The van der Waals surface area contributed by atoms with E-state index in [0.717, 1.165) is 39.9 Å². The third-order valence-electron chi connectivity index (χ3n) is 4.42. The fraction of sp³-hybridized carbons (Fsp3) is 0.227. The van der Waals surface area contributed by atoms with Crippen molar-refractivity contribution in [1.82, 2.24) is 15.3 Å². The number of halogens is 1. The van der Waals surface area contributed by atoms with Crippen molar-refractivity contribution in [3.8, 4) is 5.88 Å². The molecule has 2 aromatic carbocycles. The van der Waals surface area contributed by atoms with Crippen LogP contribution in [0.4, 0.5) is 4.39 Å². The number of benzene rings is 2. The Morgan fingerprint density at radius 1 is 1.21 bits per heavy atom. The van der Waals surface area contributed by atoms with E-state index in [9.17, 15) is 4.39 Å². The molecule has 4 rings (SSSR count). The number of allylic oxidation sites excluding steroid dienone is 1. The second kappa shape index (κ2) is 9.15. The predicted molar refractivity (Wildman–Crippen MR) is 117 cm³/mol. The zero-order valence-corrected chi connectivity index (χ0v) is 16.8. The summed E-state index contributed by atoms with van der Waals surface area (Å²) in [6, 6.07) is 12.7. The molecule has 1 aliphatic rings. The number of thioether (sulfide) groups is 1. The summed E-state index contributed by atoms with van der Waals surface area (Å²) in [7, 11) is 0. The number of hydrogen-bond acceptors (Lipinski definition) is 6. The van der Waals surface area contributed by atoms with Crippen LogP contribution < -0.4 is 10.1 Å². The molecule has 0 spiro atoms. The summed E-state index contributed by atoms with van der Waals surface area (Å²) < 4.78 is 18.9. The number of ether oxygens (including phenoxy) is 1. The lowest BCUT2D eigenvalue weighted by Crippen LogP contribution is -2.24. The van der Waals surface area contributed by atoms with E-state index in [4.69, 9.17) is 4.74 Å². The van der Waals surface area contributed by atoms with Gasteiger partial charge in [-0.25, -0.2) is 14.4 Å². The monoisotopic (exact) mass is 408 g/mol. The van der Waals surface area contributed by atoms with E-state index in [-0.39, 0.29) is 11.3 Å². The van der Waals surface area contributed by atoms with Crippen LogP contribution in [0, 0.1) is 5.82 Å². The normalized spacial score (nSPS) is 17.3. The van der Waals surface area contributed by atoms with E-state index in [2.05, 4.69) is 26.4 Å². The van der Waals surface area contributed by atoms with Crippen LogP contribution in [0.25, 0.3) is 17.0 Å². The number of fused-ring (bicyclic) bond motifs is 1. The van der Waals surface area contributed by atoms with Crippen LogP contribution >= 0.6 is 11.8 Å². The Morgan fingerprint density at radius 2 is 2.14 bits per heavy atom. The van der Waals surface area contributed by atoms with Gasteiger partial charge in [0.15, 0.2) is 5.50 Å². The summed E-state index contributed by atoms with van der Waals surface area (Å²) in [5, 5.41) is 4.28. The zero-order valence-electron chi connectivity index (χ0n) is 16.0. The van der Waals surface area contributed by atoms with Crippen LogP contribution in [0.5, 0.6) is 5.88 Å². The molecule has 2 heterocycles. The minimum atomic E-state index is -0.200. The molecule has 3 aromatic rings. The highest BCUT2D eigenvalue weighted by Crippen LogP contribution is 2.29. The minimum Gasteiger partial charge on any atom is -0.477 e. The first-order chi connectivity index (χ1) is 14.2. The molecule has 0 amide bonds. The predicted octanol–water partition coefficient (Wildman–Crippen LogP) is 4.44. The van der Waals surface area contributed by atoms with Gasteiger partial charge in [-0.2, -0.15) is 0 Å². The highest BCUT2D eigenvalue weighted by Gasteiger charge is 2.15. The van der Waals surface area contributed by atoms with Crippen LogP contribution in [0.15, 0.2) is 58.7 Å². The van der Waals surface area contributed by atoms with Gasteiger partial charge in [0.05, 0.1) is 17.5 Å². The van der Waals surface area contributed by atoms with Gasteiger partial charge in [-0.1, -0.05) is 30.0 Å². The van der Waals surface area contributed by atoms with Crippen molar-refractivity contribution in [1.29, 1.82) is 0 Å². The van der Waals surface area contributed by atoms with Crippen molar-refractivity contribution in [2.24, 2.45) is 4.99 Å². The minimum absolute atomic E-state index is 0.0300. The summed E-state index contributed by atoms with van der Waals surface area (Å²) in [6.07, 6.45) is 6.24. The van der Waals surface area contributed by atoms with E-state index in [1.807, 2.05) is 37.4 Å². The van der Waals surface area contributed by atoms with Crippen molar-refractivity contribution in [3.05, 3.63) is 70.6 Å². The Hall–Kier alpha value is -2.77. The van der Waals surface area contributed by atoms with Crippen molar-refractivity contribution < 1.29 is 9.13 Å². The molecule has 148 valence electrons. The first-order valence-electron chi connectivity index (χ1n) is 9.48. The largest absolute Gasteiger partial charge is 0.477 e. The maximum Gasteiger partial charge on any atom is 0.224 e. The average Bonchev–Trinajstić information content (AvgIpc) is 3.16. The van der Waals surface area contributed by atoms with E-state index in [0.29, 0.717) is 12.5 Å². The van der Waals surface area contributed by atoms with E-state index < -0.39 is 0 Å². The third kappa shape index (κ3) is 4.99. The Bertz CT molecular complexity index is 1070. The molecule has 1 aromatic heterocycles. The second-order valence-corrected chi connectivity index (χ2v) is 7.67. The molecule has 1 atom stereocenters. The molecule has 0 bridgehead atoms. The van der Waals surface area contributed by atoms with E-state index >= 15 is 0 Å². The lowest BCUT2D eigenvalue weighted by molar-refractivity contribution is 0.331. The van der Waals surface area contributed by atoms with Gasteiger partial charge in [0.1, 0.15) is 12.1 Å². The van der Waals surface area contributed by atoms with Gasteiger partial charge in [0.2, 0.25) is 5.88 Å². The molecule has 1 unspecified atom stereocenters. The lowest BCUT2D eigenvalue weighted by atomic mass is 10.1. The first-order valence-corrected chi connectivity index (χ1v) is 10.4. The molecular weight excluding hydrogens is 387 g/mol. The summed E-state index contributed by atoms with van der Waals surface area (Å²) in [4.78, 5) is 14.1. The third-order valence-corrected chi connectivity index (χ3v) is 5.43. The average molecular weight is 409 g/mol. The van der Waals surface area contributed by atoms with Gasteiger partial charge in [0, 0.05) is 17.7 Å². The highest BCUT2D eigenvalue weighted by atomic mass is 32.2. The molecule has 0 saturated heterocycles. The summed E-state index contributed by atoms with van der Waals surface area (Å²) in [6.45, 7) is 3.23. The van der Waals surface area contributed by atoms with Gasteiger partial charge in [0.25, 0.3) is 0 Å². The smallest absolute Gasteiger partial charge is 0.224 e.